The van der Waals surface area contributed by atoms with Gasteiger partial charge < -0.3 is 0 Å². The van der Waals surface area contributed by atoms with Crippen LogP contribution in [0.25, 0.3) is 0 Å². The van der Waals surface area contributed by atoms with Gasteiger partial charge >= 0.3 is 0 Å². The van der Waals surface area contributed by atoms with Crippen molar-refractivity contribution in [3.05, 3.63) is 86.8 Å². The fourth-order valence-electron chi connectivity index (χ4n) is 5.63. The zero-order valence-corrected chi connectivity index (χ0v) is 20.9. The molecule has 5 rings (SSSR count). The second-order valence-electron chi connectivity index (χ2n) is 10.3. The molecule has 178 valence electrons. The lowest BCUT2D eigenvalue weighted by Gasteiger charge is -2.45. The Morgan fingerprint density at radius 1 is 0.941 bits per heavy atom. The molecule has 3 aromatic rings. The van der Waals surface area contributed by atoms with E-state index in [0.29, 0.717) is 25.0 Å². The Balaban J connectivity index is 1.61. The summed E-state index contributed by atoms with van der Waals surface area (Å²) in [5.74, 6) is 1.40. The lowest BCUT2D eigenvalue weighted by Crippen LogP contribution is -2.53. The van der Waals surface area contributed by atoms with E-state index in [1.54, 1.807) is 0 Å². The summed E-state index contributed by atoms with van der Waals surface area (Å²) >= 11 is 0. The summed E-state index contributed by atoms with van der Waals surface area (Å²) in [5.41, 5.74) is 6.50. The molecular weight excluding hydrogens is 420 g/mol. The highest BCUT2D eigenvalue weighted by atomic mass is 16.1. The van der Waals surface area contributed by atoms with Gasteiger partial charge in [0.15, 0.2) is 0 Å². The van der Waals surface area contributed by atoms with Crippen molar-refractivity contribution in [1.29, 1.82) is 0 Å². The van der Waals surface area contributed by atoms with Crippen molar-refractivity contribution in [1.82, 2.24) is 14.5 Å². The van der Waals surface area contributed by atoms with Crippen LogP contribution in [-0.4, -0.2) is 27.2 Å². The third kappa shape index (κ3) is 4.29. The van der Waals surface area contributed by atoms with E-state index in [0.717, 1.165) is 35.1 Å². The number of hydrogen-bond donors (Lipinski definition) is 0. The number of benzene rings is 2. The summed E-state index contributed by atoms with van der Waals surface area (Å²) in [6.07, 6.45) is 5.65. The molecule has 2 heterocycles. The van der Waals surface area contributed by atoms with Crippen molar-refractivity contribution in [2.24, 2.45) is 5.92 Å². The van der Waals surface area contributed by atoms with Gasteiger partial charge in [-0.25, -0.2) is 4.98 Å². The van der Waals surface area contributed by atoms with Gasteiger partial charge in [0.1, 0.15) is 0 Å². The third-order valence-corrected chi connectivity index (χ3v) is 7.90. The fraction of sp³-hybridized carbons (Fsp3) is 0.448. The van der Waals surface area contributed by atoms with Crippen LogP contribution in [0.2, 0.25) is 0 Å². The predicted octanol–water partition coefficient (Wildman–Crippen LogP) is 5.71. The monoisotopic (exact) mass is 456 g/mol. The van der Waals surface area contributed by atoms with Crippen LogP contribution in [0, 0.1) is 26.7 Å². The standard InChI is InChI=1S/C29H36N4O/c1-20-14-15-25(16-22(20)3)32-18-31(27-13-9-8-10-21(27)2)19-33-28(34)26(23(4)30-29(32)33)17-24-11-6-5-7-12-24/h5-7,11-12,14-16,21,27H,8-10,13,17-19H2,1-4H3. The Morgan fingerprint density at radius 3 is 2.44 bits per heavy atom. The second-order valence-corrected chi connectivity index (χ2v) is 10.3. The summed E-state index contributed by atoms with van der Waals surface area (Å²) in [5, 5.41) is 0. The third-order valence-electron chi connectivity index (χ3n) is 7.90. The Morgan fingerprint density at radius 2 is 1.71 bits per heavy atom. The van der Waals surface area contributed by atoms with E-state index in [2.05, 4.69) is 60.9 Å². The number of rotatable bonds is 4. The van der Waals surface area contributed by atoms with E-state index in [1.165, 1.54) is 36.8 Å². The summed E-state index contributed by atoms with van der Waals surface area (Å²) in [4.78, 5) is 23.7. The molecule has 5 heteroatoms. The Hall–Kier alpha value is -2.92. The van der Waals surface area contributed by atoms with Crippen LogP contribution >= 0.6 is 0 Å². The molecular formula is C29H36N4O. The van der Waals surface area contributed by atoms with Gasteiger partial charge in [0.05, 0.1) is 19.0 Å². The zero-order chi connectivity index (χ0) is 23.8. The molecule has 0 spiro atoms. The molecule has 0 saturated heterocycles. The van der Waals surface area contributed by atoms with Crippen molar-refractivity contribution >= 4 is 11.6 Å². The van der Waals surface area contributed by atoms with Gasteiger partial charge in [-0.3, -0.25) is 19.2 Å². The molecule has 0 radical (unpaired) electrons. The number of nitrogens with zero attached hydrogens (tertiary/aromatic N) is 4. The summed E-state index contributed by atoms with van der Waals surface area (Å²) < 4.78 is 1.92. The average molecular weight is 457 g/mol. The van der Waals surface area contributed by atoms with Crippen LogP contribution in [0.4, 0.5) is 11.6 Å². The number of aryl methyl sites for hydroxylation is 3. The molecule has 1 fully saturated rings. The minimum atomic E-state index is 0.0911. The molecule has 1 aromatic heterocycles. The normalized spacial score (nSPS) is 20.9. The lowest BCUT2D eigenvalue weighted by atomic mass is 9.85. The van der Waals surface area contributed by atoms with Gasteiger partial charge in [-0.15, -0.1) is 0 Å². The minimum Gasteiger partial charge on any atom is -0.298 e. The van der Waals surface area contributed by atoms with E-state index in [-0.39, 0.29) is 5.56 Å². The highest BCUT2D eigenvalue weighted by Gasteiger charge is 2.34. The van der Waals surface area contributed by atoms with Crippen LogP contribution in [0.3, 0.4) is 0 Å². The number of hydrogen-bond acceptors (Lipinski definition) is 4. The van der Waals surface area contributed by atoms with Crippen LogP contribution in [0.1, 0.15) is 60.6 Å². The van der Waals surface area contributed by atoms with Crippen LogP contribution < -0.4 is 10.5 Å². The lowest BCUT2D eigenvalue weighted by molar-refractivity contribution is 0.0723. The fourth-order valence-corrected chi connectivity index (χ4v) is 5.63. The van der Waals surface area contributed by atoms with E-state index in [4.69, 9.17) is 4.98 Å². The Bertz CT molecular complexity index is 1230. The topological polar surface area (TPSA) is 41.4 Å². The summed E-state index contributed by atoms with van der Waals surface area (Å²) in [7, 11) is 0. The number of aromatic nitrogens is 2. The maximum atomic E-state index is 13.9. The quantitative estimate of drug-likeness (QED) is 0.504. The van der Waals surface area contributed by atoms with E-state index < -0.39 is 0 Å². The van der Waals surface area contributed by atoms with Crippen molar-refractivity contribution in [2.75, 3.05) is 11.6 Å². The second kappa shape index (κ2) is 9.38. The largest absolute Gasteiger partial charge is 0.298 e. The van der Waals surface area contributed by atoms with Gasteiger partial charge in [0, 0.05) is 23.7 Å². The zero-order valence-electron chi connectivity index (χ0n) is 20.9. The van der Waals surface area contributed by atoms with Gasteiger partial charge in [0.25, 0.3) is 5.56 Å². The molecule has 2 aromatic carbocycles. The van der Waals surface area contributed by atoms with Crippen molar-refractivity contribution in [3.63, 3.8) is 0 Å². The molecule has 0 N–H and O–H groups in total. The molecule has 2 aliphatic rings. The molecule has 0 amide bonds. The first kappa shape index (κ1) is 22.9. The van der Waals surface area contributed by atoms with Crippen molar-refractivity contribution < 1.29 is 0 Å². The molecule has 1 saturated carbocycles. The number of fused-ring (bicyclic) bond motifs is 1. The molecule has 2 unspecified atom stereocenters. The number of anilines is 2. The van der Waals surface area contributed by atoms with Crippen molar-refractivity contribution in [3.8, 4) is 0 Å². The van der Waals surface area contributed by atoms with E-state index in [1.807, 2.05) is 29.7 Å². The minimum absolute atomic E-state index is 0.0911. The molecule has 2 atom stereocenters. The summed E-state index contributed by atoms with van der Waals surface area (Å²) in [6, 6.07) is 17.3. The van der Waals surface area contributed by atoms with Crippen LogP contribution in [0.15, 0.2) is 53.3 Å². The van der Waals surface area contributed by atoms with Gasteiger partial charge in [-0.1, -0.05) is 56.2 Å². The highest BCUT2D eigenvalue weighted by Crippen LogP contribution is 2.34. The predicted molar refractivity (Wildman–Crippen MR) is 139 cm³/mol. The highest BCUT2D eigenvalue weighted by molar-refractivity contribution is 5.60. The molecule has 0 bridgehead atoms. The van der Waals surface area contributed by atoms with E-state index >= 15 is 0 Å². The average Bonchev–Trinajstić information content (AvgIpc) is 2.84. The maximum absolute atomic E-state index is 13.9. The van der Waals surface area contributed by atoms with Gasteiger partial charge in [0.2, 0.25) is 5.95 Å². The SMILES string of the molecule is Cc1ccc(N2CN(C3CCCCC3C)Cn3c2nc(C)c(Cc2ccccc2)c3=O)cc1C. The summed E-state index contributed by atoms with van der Waals surface area (Å²) in [6.45, 7) is 10.0. The van der Waals surface area contributed by atoms with Gasteiger partial charge in [-0.2, -0.15) is 0 Å². The Labute approximate surface area is 203 Å². The molecule has 1 aliphatic heterocycles. The first-order valence-electron chi connectivity index (χ1n) is 12.7. The maximum Gasteiger partial charge on any atom is 0.259 e. The van der Waals surface area contributed by atoms with Crippen molar-refractivity contribution in [2.45, 2.75) is 72.5 Å². The first-order chi connectivity index (χ1) is 16.4. The van der Waals surface area contributed by atoms with E-state index in [9.17, 15) is 4.79 Å². The first-order valence-corrected chi connectivity index (χ1v) is 12.7. The Kier molecular flexibility index (Phi) is 6.30. The molecule has 34 heavy (non-hydrogen) atoms. The van der Waals surface area contributed by atoms with Gasteiger partial charge in [-0.05, 0) is 68.4 Å². The van der Waals surface area contributed by atoms with Crippen LogP contribution in [0.5, 0.6) is 0 Å². The molecule has 5 nitrogen and oxygen atoms in total. The van der Waals surface area contributed by atoms with Crippen LogP contribution in [-0.2, 0) is 13.1 Å². The molecule has 1 aliphatic carbocycles. The smallest absolute Gasteiger partial charge is 0.259 e.